The van der Waals surface area contributed by atoms with Gasteiger partial charge < -0.3 is 9.47 Å². The highest BCUT2D eigenvalue weighted by atomic mass is 32.2. The van der Waals surface area contributed by atoms with Crippen molar-refractivity contribution in [2.24, 2.45) is 0 Å². The Morgan fingerprint density at radius 3 is 2.60 bits per heavy atom. The summed E-state index contributed by atoms with van der Waals surface area (Å²) in [7, 11) is -3.61. The smallest absolute Gasteiger partial charge is 0.262 e. The Hall–Kier alpha value is -2.21. The molecule has 2 aromatic carbocycles. The van der Waals surface area contributed by atoms with Crippen molar-refractivity contribution in [1.29, 1.82) is 0 Å². The van der Waals surface area contributed by atoms with Crippen molar-refractivity contribution in [3.8, 4) is 11.5 Å². The van der Waals surface area contributed by atoms with Gasteiger partial charge in [0, 0.05) is 6.07 Å². The Kier molecular flexibility index (Phi) is 3.02. The number of anilines is 1. The lowest BCUT2D eigenvalue weighted by Crippen LogP contribution is -2.14. The fourth-order valence-corrected chi connectivity index (χ4v) is 3.32. The zero-order chi connectivity index (χ0) is 14.2. The van der Waals surface area contributed by atoms with E-state index < -0.39 is 10.0 Å². The Morgan fingerprint density at radius 1 is 1.05 bits per heavy atom. The molecule has 1 aliphatic heterocycles. The van der Waals surface area contributed by atoms with E-state index in [0.717, 1.165) is 0 Å². The average Bonchev–Trinajstić information content (AvgIpc) is 2.86. The molecule has 0 radical (unpaired) electrons. The van der Waals surface area contributed by atoms with E-state index in [1.807, 2.05) is 0 Å². The van der Waals surface area contributed by atoms with Gasteiger partial charge in [0.2, 0.25) is 6.79 Å². The highest BCUT2D eigenvalue weighted by Gasteiger charge is 2.19. The first kappa shape index (κ1) is 12.8. The molecule has 0 saturated carbocycles. The molecule has 0 unspecified atom stereocenters. The largest absolute Gasteiger partial charge is 0.454 e. The molecule has 0 atom stereocenters. The van der Waals surface area contributed by atoms with Gasteiger partial charge in [0.15, 0.2) is 11.5 Å². The van der Waals surface area contributed by atoms with Crippen LogP contribution in [0.2, 0.25) is 0 Å². The van der Waals surface area contributed by atoms with Crippen molar-refractivity contribution < 1.29 is 17.9 Å². The van der Waals surface area contributed by atoms with Crippen LogP contribution in [0.25, 0.3) is 0 Å². The second-order valence-electron chi connectivity index (χ2n) is 4.44. The number of hydrogen-bond acceptors (Lipinski definition) is 4. The summed E-state index contributed by atoms with van der Waals surface area (Å²) in [6.45, 7) is 1.91. The van der Waals surface area contributed by atoms with Crippen LogP contribution in [0.4, 0.5) is 5.69 Å². The van der Waals surface area contributed by atoms with Crippen molar-refractivity contribution in [1.82, 2.24) is 0 Å². The van der Waals surface area contributed by atoms with Crippen LogP contribution in [-0.2, 0) is 10.0 Å². The number of aryl methyl sites for hydroxylation is 1. The standard InChI is InChI=1S/C14H13NO4S/c1-10-4-2-3-5-14(10)20(16,17)15-11-6-7-12-13(8-11)19-9-18-12/h2-8,15H,9H2,1H3. The van der Waals surface area contributed by atoms with Gasteiger partial charge in [-0.1, -0.05) is 18.2 Å². The minimum atomic E-state index is -3.61. The molecule has 3 rings (SSSR count). The molecule has 0 amide bonds. The van der Waals surface area contributed by atoms with Crippen LogP contribution in [0, 0.1) is 6.92 Å². The van der Waals surface area contributed by atoms with Crippen LogP contribution >= 0.6 is 0 Å². The third-order valence-electron chi connectivity index (χ3n) is 3.01. The monoisotopic (exact) mass is 291 g/mol. The van der Waals surface area contributed by atoms with Gasteiger partial charge in [0.1, 0.15) is 0 Å². The number of hydrogen-bond donors (Lipinski definition) is 1. The first-order valence-corrected chi connectivity index (χ1v) is 7.53. The van der Waals surface area contributed by atoms with Crippen molar-refractivity contribution in [2.45, 2.75) is 11.8 Å². The van der Waals surface area contributed by atoms with Gasteiger partial charge in [-0.2, -0.15) is 0 Å². The van der Waals surface area contributed by atoms with E-state index in [1.54, 1.807) is 49.4 Å². The Labute approximate surface area is 117 Å². The lowest BCUT2D eigenvalue weighted by atomic mass is 10.2. The Morgan fingerprint density at radius 2 is 1.80 bits per heavy atom. The number of ether oxygens (including phenoxy) is 2. The number of nitrogens with one attached hydrogen (secondary N) is 1. The maximum absolute atomic E-state index is 12.3. The van der Waals surface area contributed by atoms with E-state index in [0.29, 0.717) is 22.7 Å². The van der Waals surface area contributed by atoms with E-state index in [2.05, 4.69) is 4.72 Å². The summed E-state index contributed by atoms with van der Waals surface area (Å²) in [5.41, 5.74) is 1.14. The molecule has 0 aromatic heterocycles. The van der Waals surface area contributed by atoms with Crippen molar-refractivity contribution in [2.75, 3.05) is 11.5 Å². The summed E-state index contributed by atoms with van der Waals surface area (Å²) in [6.07, 6.45) is 0. The predicted octanol–water partition coefficient (Wildman–Crippen LogP) is 2.52. The van der Waals surface area contributed by atoms with Crippen LogP contribution in [0.3, 0.4) is 0 Å². The van der Waals surface area contributed by atoms with Gasteiger partial charge in [-0.25, -0.2) is 8.42 Å². The third kappa shape index (κ3) is 2.30. The average molecular weight is 291 g/mol. The quantitative estimate of drug-likeness (QED) is 0.943. The molecule has 1 N–H and O–H groups in total. The molecule has 20 heavy (non-hydrogen) atoms. The summed E-state index contributed by atoms with van der Waals surface area (Å²) in [6, 6.07) is 11.8. The van der Waals surface area contributed by atoms with Crippen molar-refractivity contribution in [3.05, 3.63) is 48.0 Å². The van der Waals surface area contributed by atoms with Crippen molar-refractivity contribution in [3.63, 3.8) is 0 Å². The molecule has 0 saturated heterocycles. The number of benzene rings is 2. The second kappa shape index (κ2) is 4.72. The summed E-state index contributed by atoms with van der Waals surface area (Å²) < 4.78 is 37.6. The van der Waals surface area contributed by atoms with Crippen LogP contribution in [-0.4, -0.2) is 15.2 Å². The normalized spacial score (nSPS) is 13.2. The predicted molar refractivity (Wildman–Crippen MR) is 74.6 cm³/mol. The van der Waals surface area contributed by atoms with E-state index >= 15 is 0 Å². The topological polar surface area (TPSA) is 64.6 Å². The van der Waals surface area contributed by atoms with Crippen LogP contribution in [0.15, 0.2) is 47.4 Å². The summed E-state index contributed by atoms with van der Waals surface area (Å²) in [5.74, 6) is 1.15. The van der Waals surface area contributed by atoms with Gasteiger partial charge in [-0.05, 0) is 30.7 Å². The summed E-state index contributed by atoms with van der Waals surface area (Å²) in [4.78, 5) is 0.262. The van der Waals surface area contributed by atoms with Crippen LogP contribution in [0.5, 0.6) is 11.5 Å². The molecule has 5 nitrogen and oxygen atoms in total. The van der Waals surface area contributed by atoms with Gasteiger partial charge in [-0.15, -0.1) is 0 Å². The molecule has 1 heterocycles. The molecular weight excluding hydrogens is 278 g/mol. The van der Waals surface area contributed by atoms with Gasteiger partial charge >= 0.3 is 0 Å². The third-order valence-corrected chi connectivity index (χ3v) is 4.55. The van der Waals surface area contributed by atoms with Gasteiger partial charge in [0.05, 0.1) is 10.6 Å². The highest BCUT2D eigenvalue weighted by Crippen LogP contribution is 2.34. The maximum Gasteiger partial charge on any atom is 0.262 e. The van der Waals surface area contributed by atoms with E-state index in [4.69, 9.17) is 9.47 Å². The fraction of sp³-hybridized carbons (Fsp3) is 0.143. The van der Waals surface area contributed by atoms with Gasteiger partial charge in [-0.3, -0.25) is 4.72 Å². The number of rotatable bonds is 3. The van der Waals surface area contributed by atoms with Crippen LogP contribution < -0.4 is 14.2 Å². The van der Waals surface area contributed by atoms with Crippen LogP contribution in [0.1, 0.15) is 5.56 Å². The maximum atomic E-state index is 12.3. The molecule has 0 bridgehead atoms. The highest BCUT2D eigenvalue weighted by molar-refractivity contribution is 7.92. The number of sulfonamides is 1. The zero-order valence-electron chi connectivity index (χ0n) is 10.8. The van der Waals surface area contributed by atoms with Gasteiger partial charge in [0.25, 0.3) is 10.0 Å². The molecule has 1 aliphatic rings. The molecule has 104 valence electrons. The molecule has 2 aromatic rings. The molecule has 0 aliphatic carbocycles. The molecule has 0 fully saturated rings. The molecule has 6 heteroatoms. The second-order valence-corrected chi connectivity index (χ2v) is 6.09. The first-order valence-electron chi connectivity index (χ1n) is 6.04. The van der Waals surface area contributed by atoms with E-state index in [9.17, 15) is 8.42 Å². The Bertz CT molecular complexity index is 756. The summed E-state index contributed by atoms with van der Waals surface area (Å²) in [5, 5.41) is 0. The zero-order valence-corrected chi connectivity index (χ0v) is 11.6. The first-order chi connectivity index (χ1) is 9.56. The molecular formula is C14H13NO4S. The minimum Gasteiger partial charge on any atom is -0.454 e. The lowest BCUT2D eigenvalue weighted by molar-refractivity contribution is 0.174. The SMILES string of the molecule is Cc1ccccc1S(=O)(=O)Nc1ccc2c(c1)OCO2. The number of fused-ring (bicyclic) bond motifs is 1. The van der Waals surface area contributed by atoms with E-state index in [1.165, 1.54) is 0 Å². The summed E-state index contributed by atoms with van der Waals surface area (Å²) >= 11 is 0. The molecule has 0 spiro atoms. The van der Waals surface area contributed by atoms with E-state index in [-0.39, 0.29) is 11.7 Å². The fourth-order valence-electron chi connectivity index (χ4n) is 2.03. The minimum absolute atomic E-state index is 0.156. The Balaban J connectivity index is 1.93. The lowest BCUT2D eigenvalue weighted by Gasteiger charge is -2.10. The van der Waals surface area contributed by atoms with Crippen molar-refractivity contribution >= 4 is 15.7 Å².